The normalized spacial score (nSPS) is 17.7. The number of aromatic nitrogens is 2. The Morgan fingerprint density at radius 1 is 1.14 bits per heavy atom. The van der Waals surface area contributed by atoms with E-state index >= 15 is 0 Å². The van der Waals surface area contributed by atoms with Crippen LogP contribution in [0.3, 0.4) is 0 Å². The second-order valence-corrected chi connectivity index (χ2v) is 9.49. The van der Waals surface area contributed by atoms with Gasteiger partial charge in [-0.25, -0.2) is 4.98 Å². The van der Waals surface area contributed by atoms with Gasteiger partial charge in [0.1, 0.15) is 5.82 Å². The van der Waals surface area contributed by atoms with Crippen LogP contribution in [0.15, 0.2) is 27.5 Å². The van der Waals surface area contributed by atoms with E-state index < -0.39 is 0 Å². The van der Waals surface area contributed by atoms with Crippen LogP contribution in [0.4, 0.5) is 0 Å². The highest BCUT2D eigenvalue weighted by Gasteiger charge is 2.27. The molecule has 0 saturated carbocycles. The first-order valence-corrected chi connectivity index (χ1v) is 11.9. The van der Waals surface area contributed by atoms with Gasteiger partial charge in [0, 0.05) is 30.7 Å². The molecule has 0 aliphatic carbocycles. The van der Waals surface area contributed by atoms with Gasteiger partial charge in [-0.1, -0.05) is 50.0 Å². The molecule has 3 rings (SSSR count). The number of hydrogen-bond acceptors (Lipinski definition) is 4. The van der Waals surface area contributed by atoms with E-state index in [4.69, 9.17) is 4.98 Å². The minimum absolute atomic E-state index is 0.0890. The third-order valence-electron chi connectivity index (χ3n) is 5.86. The van der Waals surface area contributed by atoms with Crippen LogP contribution in [-0.4, -0.2) is 52.1 Å². The quantitative estimate of drug-likeness (QED) is 0.598. The van der Waals surface area contributed by atoms with Crippen molar-refractivity contribution in [2.24, 2.45) is 5.92 Å². The second kappa shape index (κ2) is 10.2. The first kappa shape index (κ1) is 22.4. The molecule has 0 radical (unpaired) electrons. The summed E-state index contributed by atoms with van der Waals surface area (Å²) in [6.07, 6.45) is 3.27. The number of benzene rings is 1. The molecule has 1 aromatic heterocycles. The van der Waals surface area contributed by atoms with Crippen LogP contribution in [0.2, 0.25) is 0 Å². The summed E-state index contributed by atoms with van der Waals surface area (Å²) in [5.41, 5.74) is 0.894. The van der Waals surface area contributed by atoms with Gasteiger partial charge < -0.3 is 4.90 Å². The van der Waals surface area contributed by atoms with E-state index in [1.807, 2.05) is 22.8 Å². The van der Waals surface area contributed by atoms with Gasteiger partial charge in [-0.05, 0) is 50.0 Å². The molecule has 1 fully saturated rings. The highest BCUT2D eigenvalue weighted by atomic mass is 79.9. The minimum atomic E-state index is 0.0890. The molecule has 2 aromatic rings. The third-order valence-corrected chi connectivity index (χ3v) is 6.36. The van der Waals surface area contributed by atoms with Crippen LogP contribution in [0.1, 0.15) is 58.8 Å². The second-order valence-electron chi connectivity index (χ2n) is 8.57. The first-order chi connectivity index (χ1) is 13.9. The lowest BCUT2D eigenvalue weighted by molar-refractivity contribution is 0.176. The van der Waals surface area contributed by atoms with Gasteiger partial charge in [0.2, 0.25) is 0 Å². The van der Waals surface area contributed by atoms with Crippen molar-refractivity contribution in [2.75, 3.05) is 32.7 Å². The van der Waals surface area contributed by atoms with Gasteiger partial charge in [0.25, 0.3) is 5.56 Å². The fourth-order valence-electron chi connectivity index (χ4n) is 4.37. The van der Waals surface area contributed by atoms with E-state index in [1.165, 1.54) is 6.42 Å². The smallest absolute Gasteiger partial charge is 0.261 e. The SMILES string of the molecule is CCCC(c1nc2ccc(Br)cc2c(=O)n1CC(C)C)N1CCCN(CC)CC1. The maximum atomic E-state index is 13.5. The van der Waals surface area contributed by atoms with Crippen molar-refractivity contribution in [3.05, 3.63) is 38.9 Å². The minimum Gasteiger partial charge on any atom is -0.302 e. The van der Waals surface area contributed by atoms with Crippen LogP contribution < -0.4 is 5.56 Å². The zero-order valence-corrected chi connectivity index (χ0v) is 19.9. The van der Waals surface area contributed by atoms with Crippen molar-refractivity contribution in [2.45, 2.75) is 59.5 Å². The van der Waals surface area contributed by atoms with Crippen molar-refractivity contribution < 1.29 is 0 Å². The summed E-state index contributed by atoms with van der Waals surface area (Å²) in [5, 5.41) is 0.701. The topological polar surface area (TPSA) is 41.4 Å². The lowest BCUT2D eigenvalue weighted by atomic mass is 10.1. The number of rotatable bonds is 7. The van der Waals surface area contributed by atoms with Crippen LogP contribution in [0.5, 0.6) is 0 Å². The van der Waals surface area contributed by atoms with Crippen LogP contribution >= 0.6 is 15.9 Å². The lowest BCUT2D eigenvalue weighted by Gasteiger charge is -2.32. The van der Waals surface area contributed by atoms with Gasteiger partial charge in [0.15, 0.2) is 0 Å². The monoisotopic (exact) mass is 462 g/mol. The van der Waals surface area contributed by atoms with Crippen molar-refractivity contribution in [1.29, 1.82) is 0 Å². The number of halogens is 1. The van der Waals surface area contributed by atoms with Crippen molar-refractivity contribution in [1.82, 2.24) is 19.4 Å². The molecule has 0 N–H and O–H groups in total. The molecule has 1 atom stereocenters. The van der Waals surface area contributed by atoms with Crippen LogP contribution in [-0.2, 0) is 6.54 Å². The molecular weight excluding hydrogens is 428 g/mol. The molecule has 0 spiro atoms. The summed E-state index contributed by atoms with van der Waals surface area (Å²) >= 11 is 3.51. The Hall–Kier alpha value is -1.24. The standard InChI is InChI=1S/C23H35BrN4O/c1-5-8-21(27-12-7-11-26(6-2)13-14-27)22-25-20-10-9-18(24)15-19(20)23(29)28(22)16-17(3)4/h9-10,15,17,21H,5-8,11-14,16H2,1-4H3. The van der Waals surface area contributed by atoms with Gasteiger partial charge in [-0.2, -0.15) is 0 Å². The van der Waals surface area contributed by atoms with Gasteiger partial charge in [-0.15, -0.1) is 0 Å². The lowest BCUT2D eigenvalue weighted by Crippen LogP contribution is -2.38. The predicted octanol–water partition coefficient (Wildman–Crippen LogP) is 4.68. The average molecular weight is 463 g/mol. The Morgan fingerprint density at radius 3 is 2.62 bits per heavy atom. The number of nitrogens with zero attached hydrogens (tertiary/aromatic N) is 4. The van der Waals surface area contributed by atoms with E-state index in [1.54, 1.807) is 0 Å². The zero-order valence-electron chi connectivity index (χ0n) is 18.3. The van der Waals surface area contributed by atoms with E-state index in [0.29, 0.717) is 17.8 Å². The summed E-state index contributed by atoms with van der Waals surface area (Å²) in [5.74, 6) is 1.34. The molecule has 1 saturated heterocycles. The van der Waals surface area contributed by atoms with Crippen LogP contribution in [0.25, 0.3) is 10.9 Å². The molecule has 29 heavy (non-hydrogen) atoms. The molecule has 1 aliphatic heterocycles. The summed E-state index contributed by atoms with van der Waals surface area (Å²) in [6.45, 7) is 15.0. The molecule has 0 amide bonds. The van der Waals surface area contributed by atoms with Gasteiger partial charge in [-0.3, -0.25) is 14.3 Å². The molecule has 2 heterocycles. The molecule has 160 valence electrons. The Bertz CT molecular complexity index is 879. The predicted molar refractivity (Wildman–Crippen MR) is 124 cm³/mol. The van der Waals surface area contributed by atoms with Crippen LogP contribution in [0, 0.1) is 5.92 Å². The summed E-state index contributed by atoms with van der Waals surface area (Å²) in [4.78, 5) is 23.6. The molecule has 0 bridgehead atoms. The number of hydrogen-bond donors (Lipinski definition) is 0. The maximum Gasteiger partial charge on any atom is 0.261 e. The summed E-state index contributed by atoms with van der Waals surface area (Å²) in [7, 11) is 0. The van der Waals surface area contributed by atoms with Crippen molar-refractivity contribution >= 4 is 26.8 Å². The Balaban J connectivity index is 2.09. The fourth-order valence-corrected chi connectivity index (χ4v) is 4.73. The highest BCUT2D eigenvalue weighted by molar-refractivity contribution is 9.10. The first-order valence-electron chi connectivity index (χ1n) is 11.1. The van der Waals surface area contributed by atoms with Crippen molar-refractivity contribution in [3.8, 4) is 0 Å². The molecule has 5 nitrogen and oxygen atoms in total. The number of likely N-dealkylation sites (N-methyl/N-ethyl adjacent to an activating group) is 1. The fraction of sp³-hybridized carbons (Fsp3) is 0.652. The van der Waals surface area contributed by atoms with E-state index in [-0.39, 0.29) is 11.6 Å². The molecular formula is C23H35BrN4O. The third kappa shape index (κ3) is 5.28. The zero-order chi connectivity index (χ0) is 21.0. The Kier molecular flexibility index (Phi) is 7.88. The highest BCUT2D eigenvalue weighted by Crippen LogP contribution is 2.27. The molecule has 1 aliphatic rings. The summed E-state index contributed by atoms with van der Waals surface area (Å²) < 4.78 is 2.88. The van der Waals surface area contributed by atoms with Gasteiger partial charge in [0.05, 0.1) is 16.9 Å². The van der Waals surface area contributed by atoms with Crippen molar-refractivity contribution in [3.63, 3.8) is 0 Å². The van der Waals surface area contributed by atoms with Gasteiger partial charge >= 0.3 is 0 Å². The van der Waals surface area contributed by atoms with E-state index in [0.717, 1.165) is 61.4 Å². The molecule has 1 unspecified atom stereocenters. The average Bonchev–Trinajstić information content (AvgIpc) is 2.94. The summed E-state index contributed by atoms with van der Waals surface area (Å²) in [6, 6.07) is 6.04. The van der Waals surface area contributed by atoms with E-state index in [2.05, 4.69) is 53.4 Å². The Morgan fingerprint density at radius 2 is 1.93 bits per heavy atom. The maximum absolute atomic E-state index is 13.5. The molecule has 1 aromatic carbocycles. The Labute approximate surface area is 183 Å². The number of fused-ring (bicyclic) bond motifs is 1. The van der Waals surface area contributed by atoms with E-state index in [9.17, 15) is 4.79 Å². The molecule has 6 heteroatoms. The largest absolute Gasteiger partial charge is 0.302 e.